The second kappa shape index (κ2) is 6.24. The molecular formula is C15H25N3O2. The van der Waals surface area contributed by atoms with Crippen molar-refractivity contribution in [2.75, 3.05) is 26.4 Å². The standard InChI is InChI=1S/C15H25N3O2/c1-2-5-16-13(14-17-6-7-18-14)12-3-8-20-15(10-12)4-9-19-11-15/h6-7,12-13,16H,2-5,8-11H2,1H3,(H,17,18). The van der Waals surface area contributed by atoms with E-state index in [1.165, 1.54) is 0 Å². The number of H-pyrrole nitrogens is 1. The summed E-state index contributed by atoms with van der Waals surface area (Å²) in [5, 5.41) is 3.66. The van der Waals surface area contributed by atoms with E-state index in [0.29, 0.717) is 12.0 Å². The Kier molecular flexibility index (Phi) is 4.38. The number of aromatic amines is 1. The normalized spacial score (nSPS) is 31.8. The first-order valence-electron chi connectivity index (χ1n) is 7.77. The van der Waals surface area contributed by atoms with E-state index in [1.54, 1.807) is 0 Å². The predicted octanol–water partition coefficient (Wildman–Crippen LogP) is 2.04. The summed E-state index contributed by atoms with van der Waals surface area (Å²) in [4.78, 5) is 7.75. The molecule has 0 bridgehead atoms. The van der Waals surface area contributed by atoms with E-state index in [4.69, 9.17) is 9.47 Å². The number of nitrogens with one attached hydrogen (secondary N) is 2. The minimum absolute atomic E-state index is 0.0400. The van der Waals surface area contributed by atoms with Gasteiger partial charge in [-0.25, -0.2) is 4.98 Å². The Morgan fingerprint density at radius 3 is 3.20 bits per heavy atom. The second-order valence-electron chi connectivity index (χ2n) is 5.99. The van der Waals surface area contributed by atoms with E-state index in [1.807, 2.05) is 12.4 Å². The third-order valence-electron chi connectivity index (χ3n) is 4.50. The number of ether oxygens (including phenoxy) is 2. The highest BCUT2D eigenvalue weighted by molar-refractivity contribution is 5.02. The molecule has 3 heterocycles. The second-order valence-corrected chi connectivity index (χ2v) is 5.99. The molecule has 2 aliphatic rings. The maximum Gasteiger partial charge on any atom is 0.123 e. The molecule has 2 fully saturated rings. The van der Waals surface area contributed by atoms with E-state index in [0.717, 1.165) is 57.9 Å². The molecule has 5 heteroatoms. The molecule has 0 amide bonds. The third kappa shape index (κ3) is 2.90. The Labute approximate surface area is 120 Å². The van der Waals surface area contributed by atoms with Gasteiger partial charge in [0.15, 0.2) is 0 Å². The molecule has 2 aliphatic heterocycles. The first kappa shape index (κ1) is 14.0. The summed E-state index contributed by atoms with van der Waals surface area (Å²) in [6.07, 6.45) is 8.06. The van der Waals surface area contributed by atoms with Gasteiger partial charge >= 0.3 is 0 Å². The van der Waals surface area contributed by atoms with Crippen LogP contribution in [0.4, 0.5) is 0 Å². The zero-order valence-electron chi connectivity index (χ0n) is 12.2. The molecule has 1 spiro atoms. The van der Waals surface area contributed by atoms with Gasteiger partial charge in [-0.15, -0.1) is 0 Å². The van der Waals surface area contributed by atoms with E-state index >= 15 is 0 Å². The average molecular weight is 279 g/mol. The molecule has 0 aliphatic carbocycles. The van der Waals surface area contributed by atoms with Gasteiger partial charge in [-0.3, -0.25) is 0 Å². The van der Waals surface area contributed by atoms with Crippen LogP contribution < -0.4 is 5.32 Å². The molecule has 3 unspecified atom stereocenters. The van der Waals surface area contributed by atoms with Crippen molar-refractivity contribution in [1.82, 2.24) is 15.3 Å². The topological polar surface area (TPSA) is 59.2 Å². The van der Waals surface area contributed by atoms with Crippen molar-refractivity contribution in [2.45, 2.75) is 44.2 Å². The van der Waals surface area contributed by atoms with Crippen LogP contribution in [-0.4, -0.2) is 41.9 Å². The molecule has 2 saturated heterocycles. The number of aromatic nitrogens is 2. The molecule has 1 aromatic heterocycles. The number of hydrogen-bond donors (Lipinski definition) is 2. The highest BCUT2D eigenvalue weighted by Crippen LogP contribution is 2.40. The van der Waals surface area contributed by atoms with Gasteiger partial charge in [-0.2, -0.15) is 0 Å². The average Bonchev–Trinajstić information content (AvgIpc) is 3.12. The number of hydrogen-bond acceptors (Lipinski definition) is 4. The van der Waals surface area contributed by atoms with Crippen molar-refractivity contribution in [3.8, 4) is 0 Å². The van der Waals surface area contributed by atoms with Gasteiger partial charge in [0.25, 0.3) is 0 Å². The molecule has 20 heavy (non-hydrogen) atoms. The maximum atomic E-state index is 6.05. The van der Waals surface area contributed by atoms with Crippen LogP contribution in [0.2, 0.25) is 0 Å². The van der Waals surface area contributed by atoms with Crippen molar-refractivity contribution >= 4 is 0 Å². The summed E-state index contributed by atoms with van der Waals surface area (Å²) in [6.45, 7) is 5.64. The van der Waals surface area contributed by atoms with Crippen LogP contribution in [0.3, 0.4) is 0 Å². The van der Waals surface area contributed by atoms with Crippen LogP contribution in [0.1, 0.15) is 44.5 Å². The largest absolute Gasteiger partial charge is 0.378 e. The third-order valence-corrected chi connectivity index (χ3v) is 4.50. The summed E-state index contributed by atoms with van der Waals surface area (Å²) in [5.74, 6) is 1.61. The lowest BCUT2D eigenvalue weighted by Crippen LogP contribution is -2.44. The number of nitrogens with zero attached hydrogens (tertiary/aromatic N) is 1. The van der Waals surface area contributed by atoms with Gasteiger partial charge in [0.1, 0.15) is 5.82 Å². The highest BCUT2D eigenvalue weighted by atomic mass is 16.6. The van der Waals surface area contributed by atoms with Crippen LogP contribution in [0, 0.1) is 5.92 Å². The van der Waals surface area contributed by atoms with Gasteiger partial charge in [0, 0.05) is 32.0 Å². The fourth-order valence-corrected chi connectivity index (χ4v) is 3.45. The molecule has 3 atom stereocenters. The fourth-order valence-electron chi connectivity index (χ4n) is 3.45. The molecule has 3 rings (SSSR count). The molecule has 1 aromatic rings. The minimum atomic E-state index is -0.0400. The predicted molar refractivity (Wildman–Crippen MR) is 76.5 cm³/mol. The number of imidazole rings is 1. The zero-order valence-corrected chi connectivity index (χ0v) is 12.2. The minimum Gasteiger partial charge on any atom is -0.378 e. The molecule has 2 N–H and O–H groups in total. The molecule has 0 radical (unpaired) electrons. The quantitative estimate of drug-likeness (QED) is 0.866. The van der Waals surface area contributed by atoms with E-state index in [-0.39, 0.29) is 5.60 Å². The van der Waals surface area contributed by atoms with E-state index < -0.39 is 0 Å². The van der Waals surface area contributed by atoms with Crippen LogP contribution >= 0.6 is 0 Å². The van der Waals surface area contributed by atoms with Crippen LogP contribution in [-0.2, 0) is 9.47 Å². The van der Waals surface area contributed by atoms with Crippen LogP contribution in [0.25, 0.3) is 0 Å². The van der Waals surface area contributed by atoms with Crippen LogP contribution in [0.5, 0.6) is 0 Å². The van der Waals surface area contributed by atoms with Crippen molar-refractivity contribution in [2.24, 2.45) is 5.92 Å². The Balaban J connectivity index is 1.72. The Morgan fingerprint density at radius 1 is 1.55 bits per heavy atom. The van der Waals surface area contributed by atoms with Crippen molar-refractivity contribution in [3.05, 3.63) is 18.2 Å². The fraction of sp³-hybridized carbons (Fsp3) is 0.800. The first-order valence-corrected chi connectivity index (χ1v) is 7.77. The Hall–Kier alpha value is -0.910. The Morgan fingerprint density at radius 2 is 2.50 bits per heavy atom. The number of rotatable bonds is 5. The SMILES string of the molecule is CCCNC(c1ncc[nH]1)C1CCOC2(CCOC2)C1. The molecule has 5 nitrogen and oxygen atoms in total. The van der Waals surface area contributed by atoms with Crippen molar-refractivity contribution < 1.29 is 9.47 Å². The maximum absolute atomic E-state index is 6.05. The zero-order chi connectivity index (χ0) is 13.8. The highest BCUT2D eigenvalue weighted by Gasteiger charge is 2.43. The summed E-state index contributed by atoms with van der Waals surface area (Å²) < 4.78 is 11.6. The molecule has 0 saturated carbocycles. The van der Waals surface area contributed by atoms with Gasteiger partial charge in [-0.1, -0.05) is 6.92 Å². The van der Waals surface area contributed by atoms with E-state index in [9.17, 15) is 0 Å². The molecular weight excluding hydrogens is 254 g/mol. The first-order chi connectivity index (χ1) is 9.83. The van der Waals surface area contributed by atoms with E-state index in [2.05, 4.69) is 22.2 Å². The lowest BCUT2D eigenvalue weighted by atomic mass is 9.80. The monoisotopic (exact) mass is 279 g/mol. The lowest BCUT2D eigenvalue weighted by Gasteiger charge is -2.40. The van der Waals surface area contributed by atoms with Crippen LogP contribution in [0.15, 0.2) is 12.4 Å². The van der Waals surface area contributed by atoms with Gasteiger partial charge in [0.05, 0.1) is 18.2 Å². The molecule has 112 valence electrons. The summed E-state index contributed by atoms with van der Waals surface area (Å²) >= 11 is 0. The van der Waals surface area contributed by atoms with Gasteiger partial charge < -0.3 is 19.8 Å². The lowest BCUT2D eigenvalue weighted by molar-refractivity contribution is -0.103. The molecule has 0 aromatic carbocycles. The van der Waals surface area contributed by atoms with Gasteiger partial charge in [0.2, 0.25) is 0 Å². The van der Waals surface area contributed by atoms with Crippen molar-refractivity contribution in [3.63, 3.8) is 0 Å². The Bertz CT molecular complexity index is 401. The smallest absolute Gasteiger partial charge is 0.123 e. The summed E-state index contributed by atoms with van der Waals surface area (Å²) in [5.41, 5.74) is -0.0400. The van der Waals surface area contributed by atoms with Crippen molar-refractivity contribution in [1.29, 1.82) is 0 Å². The summed E-state index contributed by atoms with van der Waals surface area (Å²) in [7, 11) is 0. The van der Waals surface area contributed by atoms with Gasteiger partial charge in [-0.05, 0) is 31.7 Å². The summed E-state index contributed by atoms with van der Waals surface area (Å²) in [6, 6.07) is 0.298.